The van der Waals surface area contributed by atoms with Gasteiger partial charge in [-0.2, -0.15) is 0 Å². The van der Waals surface area contributed by atoms with Crippen molar-refractivity contribution in [3.8, 4) is 0 Å². The lowest BCUT2D eigenvalue weighted by Crippen LogP contribution is -1.77. The minimum Gasteiger partial charge on any atom is -0.0691 e. The summed E-state index contributed by atoms with van der Waals surface area (Å²) in [7, 11) is 1.77. The van der Waals surface area contributed by atoms with Crippen molar-refractivity contribution in [3.63, 3.8) is 0 Å². The van der Waals surface area contributed by atoms with Crippen molar-refractivity contribution < 1.29 is 0 Å². The lowest BCUT2D eigenvalue weighted by Gasteiger charge is -2.30. The Bertz CT molecular complexity index is 546. The average molecular weight is 410 g/mol. The van der Waals surface area contributed by atoms with Crippen molar-refractivity contribution >= 4 is 76.4 Å². The van der Waals surface area contributed by atoms with Gasteiger partial charge in [-0.3, -0.25) is 0 Å². The first-order chi connectivity index (χ1) is 9.80. The standard InChI is InChI=1S/C12H10P2S6/c15-20-14(17-12-9-5-2-6-10-12)18-13(19-14)16-11-7-3-1-4-8-11/h1-10H/p+1. The van der Waals surface area contributed by atoms with Crippen molar-refractivity contribution in [2.45, 2.75) is 9.79 Å². The molecule has 0 N–H and O–H groups in total. The van der Waals surface area contributed by atoms with Gasteiger partial charge in [0.2, 0.25) is 0 Å². The third-order valence-corrected chi connectivity index (χ3v) is 44.1. The van der Waals surface area contributed by atoms with E-state index in [2.05, 4.69) is 94.3 Å². The summed E-state index contributed by atoms with van der Waals surface area (Å²) in [5, 5.41) is 0. The molecule has 20 heavy (non-hydrogen) atoms. The van der Waals surface area contributed by atoms with Gasteiger partial charge >= 0.3 is 0 Å². The highest BCUT2D eigenvalue weighted by atomic mass is 34.0. The average Bonchev–Trinajstić information content (AvgIpc) is 2.47. The number of benzene rings is 2. The van der Waals surface area contributed by atoms with Crippen molar-refractivity contribution in [3.05, 3.63) is 60.7 Å². The van der Waals surface area contributed by atoms with Crippen molar-refractivity contribution in [1.29, 1.82) is 0 Å². The molecule has 0 spiro atoms. The molecule has 1 aliphatic rings. The van der Waals surface area contributed by atoms with Crippen LogP contribution in [-0.2, 0) is 0 Å². The second kappa shape index (κ2) is 7.79. The fourth-order valence-electron chi connectivity index (χ4n) is 1.46. The fourth-order valence-corrected chi connectivity index (χ4v) is 57.8. The van der Waals surface area contributed by atoms with E-state index >= 15 is 0 Å². The molecule has 1 saturated heterocycles. The lowest BCUT2D eigenvalue weighted by atomic mass is 10.4. The topological polar surface area (TPSA) is 0 Å². The highest BCUT2D eigenvalue weighted by molar-refractivity contribution is 9.70. The largest absolute Gasteiger partial charge is 0.277 e. The monoisotopic (exact) mass is 409 g/mol. The van der Waals surface area contributed by atoms with Gasteiger partial charge in [0.25, 0.3) is 4.07 Å². The summed E-state index contributed by atoms with van der Waals surface area (Å²) in [6.07, 6.45) is 0. The van der Waals surface area contributed by atoms with Crippen LogP contribution >= 0.6 is 76.4 Å². The zero-order valence-electron chi connectivity index (χ0n) is 10.2. The van der Waals surface area contributed by atoms with Gasteiger partial charge in [-0.05, 0) is 24.3 Å². The maximum Gasteiger partial charge on any atom is 0.277 e. The molecule has 2 aromatic rings. The number of rotatable bonds is 5. The summed E-state index contributed by atoms with van der Waals surface area (Å²) in [6, 6.07) is 21.4. The molecule has 1 fully saturated rings. The van der Waals surface area contributed by atoms with Gasteiger partial charge in [-0.1, -0.05) is 59.4 Å². The Labute approximate surface area is 145 Å². The van der Waals surface area contributed by atoms with Gasteiger partial charge in [0.05, 0.1) is 16.3 Å². The molecule has 3 rings (SSSR count). The highest BCUT2D eigenvalue weighted by Gasteiger charge is 2.61. The predicted octanol–water partition coefficient (Wildman–Crippen LogP) is 8.53. The second-order valence-electron chi connectivity index (χ2n) is 3.72. The van der Waals surface area contributed by atoms with Crippen LogP contribution in [0.1, 0.15) is 0 Å². The van der Waals surface area contributed by atoms with E-state index in [0.29, 0.717) is 0 Å². The number of hydrogen-bond acceptors (Lipinski definition) is 6. The molecule has 0 saturated carbocycles. The maximum absolute atomic E-state index is 4.53. The van der Waals surface area contributed by atoms with Gasteiger partial charge in [-0.25, -0.2) is 0 Å². The predicted molar refractivity (Wildman–Crippen MR) is 110 cm³/mol. The van der Waals surface area contributed by atoms with Gasteiger partial charge in [0.15, 0.2) is 5.53 Å². The van der Waals surface area contributed by atoms with Gasteiger partial charge < -0.3 is 0 Å². The molecule has 0 aromatic heterocycles. The lowest BCUT2D eigenvalue weighted by molar-refractivity contribution is 1.48. The molecule has 0 aliphatic carbocycles. The molecule has 0 nitrogen and oxygen atoms in total. The number of thiol groups is 1. The Morgan fingerprint density at radius 3 is 1.95 bits per heavy atom. The molecule has 8 heteroatoms. The minimum absolute atomic E-state index is 0.0552. The van der Waals surface area contributed by atoms with Gasteiger partial charge in [-0.15, -0.1) is 0 Å². The third-order valence-electron chi connectivity index (χ3n) is 2.32. The third kappa shape index (κ3) is 4.23. The van der Waals surface area contributed by atoms with Crippen LogP contribution in [-0.4, -0.2) is 0 Å². The number of hydrogen-bond donors (Lipinski definition) is 1. The Kier molecular flexibility index (Phi) is 6.33. The zero-order valence-corrected chi connectivity index (χ0v) is 16.9. The molecular weight excluding hydrogens is 398 g/mol. The molecule has 104 valence electrons. The summed E-state index contributed by atoms with van der Waals surface area (Å²) >= 11 is 12.9. The Hall–Kier alpha value is 1.40. The first-order valence-corrected chi connectivity index (χ1v) is 18.2. The quantitative estimate of drug-likeness (QED) is 0.297. The van der Waals surface area contributed by atoms with Crippen LogP contribution in [0.3, 0.4) is 0 Å². The van der Waals surface area contributed by atoms with E-state index in [1.807, 2.05) is 22.8 Å². The molecule has 0 atom stereocenters. The van der Waals surface area contributed by atoms with E-state index < -0.39 is 4.07 Å². The Morgan fingerprint density at radius 2 is 1.40 bits per heavy atom. The summed E-state index contributed by atoms with van der Waals surface area (Å²) < 4.78 is -1.13. The van der Waals surface area contributed by atoms with Crippen LogP contribution in [0.4, 0.5) is 0 Å². The van der Waals surface area contributed by atoms with Gasteiger partial charge in [0.1, 0.15) is 32.4 Å². The van der Waals surface area contributed by atoms with Gasteiger partial charge in [0, 0.05) is 4.90 Å². The summed E-state index contributed by atoms with van der Waals surface area (Å²) in [5.74, 6) is 0. The summed E-state index contributed by atoms with van der Waals surface area (Å²) in [5.41, 5.74) is -0.0552. The molecule has 1 heterocycles. The van der Waals surface area contributed by atoms with E-state index in [1.165, 1.54) is 9.79 Å². The van der Waals surface area contributed by atoms with E-state index in [0.717, 1.165) is 0 Å². The second-order valence-corrected chi connectivity index (χ2v) is 29.9. The Balaban J connectivity index is 1.59. The first kappa shape index (κ1) is 16.3. The zero-order chi connectivity index (χ0) is 13.8. The maximum atomic E-state index is 4.53. The molecule has 0 bridgehead atoms. The van der Waals surface area contributed by atoms with Crippen LogP contribution in [0, 0.1) is 0 Å². The van der Waals surface area contributed by atoms with Crippen LogP contribution in [0.25, 0.3) is 0 Å². The van der Waals surface area contributed by atoms with E-state index in [4.69, 9.17) is 0 Å². The normalized spacial score (nSPS) is 25.1. The van der Waals surface area contributed by atoms with E-state index in [1.54, 1.807) is 10.4 Å². The molecule has 0 unspecified atom stereocenters. The smallest absolute Gasteiger partial charge is 0.0691 e. The molecule has 1 aliphatic heterocycles. The SMILES string of the molecule is SS[P+]1(Sc2ccccc2)SP(Sc2ccccc2)S1. The Morgan fingerprint density at radius 1 is 0.850 bits per heavy atom. The highest BCUT2D eigenvalue weighted by Crippen LogP contribution is 3.18. The van der Waals surface area contributed by atoms with Crippen LogP contribution in [0.2, 0.25) is 0 Å². The fraction of sp³-hybridized carbons (Fsp3) is 0. The van der Waals surface area contributed by atoms with Crippen LogP contribution < -0.4 is 0 Å². The molecule has 0 amide bonds. The minimum atomic E-state index is -1.13. The van der Waals surface area contributed by atoms with Crippen LogP contribution in [0.15, 0.2) is 70.5 Å². The first-order valence-electron chi connectivity index (χ1n) is 5.69. The summed E-state index contributed by atoms with van der Waals surface area (Å²) in [6.45, 7) is 0. The molecule has 0 radical (unpaired) electrons. The summed E-state index contributed by atoms with van der Waals surface area (Å²) in [4.78, 5) is 2.74. The van der Waals surface area contributed by atoms with Crippen molar-refractivity contribution in [1.82, 2.24) is 0 Å². The molecule has 2 aromatic carbocycles. The van der Waals surface area contributed by atoms with Crippen LogP contribution in [0.5, 0.6) is 0 Å². The molecular formula is C12H11P2S6+. The van der Waals surface area contributed by atoms with E-state index in [9.17, 15) is 0 Å². The van der Waals surface area contributed by atoms with Crippen molar-refractivity contribution in [2.75, 3.05) is 0 Å². The van der Waals surface area contributed by atoms with E-state index in [-0.39, 0.29) is 5.53 Å². The van der Waals surface area contributed by atoms with Crippen molar-refractivity contribution in [2.24, 2.45) is 0 Å².